The van der Waals surface area contributed by atoms with E-state index in [1.807, 2.05) is 19.9 Å². The lowest BCUT2D eigenvalue weighted by Gasteiger charge is -2.34. The summed E-state index contributed by atoms with van der Waals surface area (Å²) in [5.41, 5.74) is 3.47. The molecule has 0 saturated carbocycles. The summed E-state index contributed by atoms with van der Waals surface area (Å²) >= 11 is 3.61. The predicted octanol–water partition coefficient (Wildman–Crippen LogP) is 4.39. The van der Waals surface area contributed by atoms with Gasteiger partial charge in [-0.3, -0.25) is 4.79 Å². The molecule has 156 valence electrons. The Morgan fingerprint density at radius 1 is 1.21 bits per heavy atom. The second-order valence-corrected chi connectivity index (χ2v) is 7.98. The molecule has 0 aromatic heterocycles. The molecule has 0 radical (unpaired) electrons. The lowest BCUT2D eigenvalue weighted by Crippen LogP contribution is -2.34. The Bertz CT molecular complexity index is 903. The summed E-state index contributed by atoms with van der Waals surface area (Å²) in [5, 5.41) is 3.29. The first-order valence-electron chi connectivity index (χ1n) is 9.75. The Morgan fingerprint density at radius 2 is 1.90 bits per heavy atom. The standard InChI is InChI=1S/C22H26BrNO5/c1-5-9-29-22(26)19-12(2)24-15-7-6-8-16(25)21(15)20(19)13-10-17(27-3)18(28-4)11-14(13)23/h10-11,20,24H,5-9H2,1-4H3/t20-/m0/s1. The van der Waals surface area contributed by atoms with Crippen molar-refractivity contribution >= 4 is 27.7 Å². The number of Topliss-reactive ketones (excluding diaryl/α,β-unsaturated/α-hetero) is 1. The normalized spacial score (nSPS) is 18.9. The van der Waals surface area contributed by atoms with Crippen LogP contribution in [0.2, 0.25) is 0 Å². The summed E-state index contributed by atoms with van der Waals surface area (Å²) in [5.74, 6) is 0.218. The Hall–Kier alpha value is -2.28. The molecule has 1 aliphatic carbocycles. The van der Waals surface area contributed by atoms with Gasteiger partial charge in [-0.25, -0.2) is 4.79 Å². The van der Waals surface area contributed by atoms with Crippen molar-refractivity contribution in [3.8, 4) is 11.5 Å². The summed E-state index contributed by atoms with van der Waals surface area (Å²) in [7, 11) is 3.13. The zero-order valence-corrected chi connectivity index (χ0v) is 18.8. The molecule has 0 fully saturated rings. The van der Waals surface area contributed by atoms with Crippen molar-refractivity contribution in [1.82, 2.24) is 5.32 Å². The summed E-state index contributed by atoms with van der Waals surface area (Å²) in [6.07, 6.45) is 2.77. The summed E-state index contributed by atoms with van der Waals surface area (Å²) in [4.78, 5) is 25.9. The Kier molecular flexibility index (Phi) is 6.67. The maximum Gasteiger partial charge on any atom is 0.336 e. The quantitative estimate of drug-likeness (QED) is 0.630. The van der Waals surface area contributed by atoms with E-state index in [-0.39, 0.29) is 5.78 Å². The fourth-order valence-corrected chi connectivity index (χ4v) is 4.48. The van der Waals surface area contributed by atoms with Crippen LogP contribution in [-0.2, 0) is 14.3 Å². The average molecular weight is 464 g/mol. The first-order chi connectivity index (χ1) is 13.9. The van der Waals surface area contributed by atoms with Gasteiger partial charge in [-0.05, 0) is 43.9 Å². The van der Waals surface area contributed by atoms with E-state index in [1.165, 1.54) is 0 Å². The number of hydrogen-bond acceptors (Lipinski definition) is 6. The second kappa shape index (κ2) is 9.03. The van der Waals surface area contributed by atoms with Crippen LogP contribution in [0.5, 0.6) is 11.5 Å². The first-order valence-corrected chi connectivity index (χ1v) is 10.5. The first kappa shape index (κ1) is 21.4. The molecule has 0 amide bonds. The third-order valence-corrected chi connectivity index (χ3v) is 5.93. The lowest BCUT2D eigenvalue weighted by atomic mass is 9.75. The molecule has 1 aliphatic heterocycles. The highest BCUT2D eigenvalue weighted by Gasteiger charge is 2.40. The molecule has 7 heteroatoms. The number of methoxy groups -OCH3 is 2. The van der Waals surface area contributed by atoms with Crippen molar-refractivity contribution in [3.05, 3.63) is 44.7 Å². The largest absolute Gasteiger partial charge is 0.493 e. The van der Waals surface area contributed by atoms with Crippen LogP contribution in [-0.4, -0.2) is 32.6 Å². The van der Waals surface area contributed by atoms with E-state index in [4.69, 9.17) is 14.2 Å². The smallest absolute Gasteiger partial charge is 0.336 e. The molecular weight excluding hydrogens is 438 g/mol. The highest BCUT2D eigenvalue weighted by Crippen LogP contribution is 2.47. The minimum Gasteiger partial charge on any atom is -0.493 e. The molecule has 29 heavy (non-hydrogen) atoms. The van der Waals surface area contributed by atoms with Crippen LogP contribution in [0.4, 0.5) is 0 Å². The van der Waals surface area contributed by atoms with E-state index in [0.717, 1.165) is 35.0 Å². The van der Waals surface area contributed by atoms with Crippen molar-refractivity contribution in [1.29, 1.82) is 0 Å². The minimum atomic E-state index is -0.530. The summed E-state index contributed by atoms with van der Waals surface area (Å²) < 4.78 is 17.1. The number of hydrogen-bond donors (Lipinski definition) is 1. The van der Waals surface area contributed by atoms with Gasteiger partial charge < -0.3 is 19.5 Å². The second-order valence-electron chi connectivity index (χ2n) is 7.13. The molecular formula is C22H26BrNO5. The highest BCUT2D eigenvalue weighted by molar-refractivity contribution is 9.10. The predicted molar refractivity (Wildman–Crippen MR) is 113 cm³/mol. The van der Waals surface area contributed by atoms with Gasteiger partial charge in [0.1, 0.15) is 0 Å². The van der Waals surface area contributed by atoms with Crippen molar-refractivity contribution in [2.24, 2.45) is 0 Å². The van der Waals surface area contributed by atoms with Crippen molar-refractivity contribution in [2.45, 2.75) is 45.4 Å². The number of dihydropyridines is 1. The monoisotopic (exact) mass is 463 g/mol. The number of halogens is 1. The van der Waals surface area contributed by atoms with Gasteiger partial charge in [-0.1, -0.05) is 22.9 Å². The molecule has 0 unspecified atom stereocenters. The number of benzene rings is 1. The lowest BCUT2D eigenvalue weighted by molar-refractivity contribution is -0.139. The molecule has 0 spiro atoms. The van der Waals surface area contributed by atoms with Crippen molar-refractivity contribution in [2.75, 3.05) is 20.8 Å². The van der Waals surface area contributed by atoms with Crippen LogP contribution < -0.4 is 14.8 Å². The molecule has 2 aliphatic rings. The van der Waals surface area contributed by atoms with Gasteiger partial charge in [0.2, 0.25) is 0 Å². The van der Waals surface area contributed by atoms with E-state index in [2.05, 4.69) is 21.2 Å². The average Bonchev–Trinajstić information content (AvgIpc) is 2.71. The van der Waals surface area contributed by atoms with Gasteiger partial charge in [0.15, 0.2) is 17.3 Å². The molecule has 1 N–H and O–H groups in total. The third-order valence-electron chi connectivity index (χ3n) is 5.25. The molecule has 0 bridgehead atoms. The van der Waals surface area contributed by atoms with Crippen molar-refractivity contribution < 1.29 is 23.8 Å². The van der Waals surface area contributed by atoms with Gasteiger partial charge in [0, 0.05) is 33.8 Å². The number of esters is 1. The third kappa shape index (κ3) is 4.06. The van der Waals surface area contributed by atoms with E-state index in [0.29, 0.717) is 41.4 Å². The van der Waals surface area contributed by atoms with Crippen molar-refractivity contribution in [3.63, 3.8) is 0 Å². The number of carbonyl (C=O) groups excluding carboxylic acids is 2. The van der Waals surface area contributed by atoms with Gasteiger partial charge in [0.05, 0.1) is 26.4 Å². The zero-order valence-electron chi connectivity index (χ0n) is 17.2. The van der Waals surface area contributed by atoms with Gasteiger partial charge in [-0.2, -0.15) is 0 Å². The number of ether oxygens (including phenoxy) is 3. The maximum atomic E-state index is 13.0. The molecule has 1 aromatic rings. The fourth-order valence-electron chi connectivity index (χ4n) is 3.93. The zero-order chi connectivity index (χ0) is 21.1. The van der Waals surface area contributed by atoms with Crippen LogP contribution in [0, 0.1) is 0 Å². The molecule has 0 saturated heterocycles. The maximum absolute atomic E-state index is 13.0. The van der Waals surface area contributed by atoms with E-state index in [1.54, 1.807) is 20.3 Å². The van der Waals surface area contributed by atoms with Crippen LogP contribution in [0.3, 0.4) is 0 Å². The number of ketones is 1. The molecule has 1 atom stereocenters. The molecule has 1 heterocycles. The molecule has 6 nitrogen and oxygen atoms in total. The van der Waals surface area contributed by atoms with Crippen LogP contribution in [0.25, 0.3) is 0 Å². The van der Waals surface area contributed by atoms with E-state index < -0.39 is 11.9 Å². The van der Waals surface area contributed by atoms with Crippen LogP contribution in [0.1, 0.15) is 51.0 Å². The van der Waals surface area contributed by atoms with Crippen LogP contribution >= 0.6 is 15.9 Å². The SMILES string of the molecule is CCCOC(=O)C1=C(C)NC2=C(C(=O)CCC2)[C@H]1c1cc(OC)c(OC)cc1Br. The minimum absolute atomic E-state index is 0.0544. The molecule has 3 rings (SSSR count). The van der Waals surface area contributed by atoms with Gasteiger partial charge in [0.25, 0.3) is 0 Å². The Morgan fingerprint density at radius 3 is 2.55 bits per heavy atom. The number of rotatable bonds is 6. The molecule has 1 aromatic carbocycles. The number of nitrogens with one attached hydrogen (secondary N) is 1. The fraction of sp³-hybridized carbons (Fsp3) is 0.455. The van der Waals surface area contributed by atoms with Gasteiger partial charge in [-0.15, -0.1) is 0 Å². The highest BCUT2D eigenvalue weighted by atomic mass is 79.9. The van der Waals surface area contributed by atoms with Gasteiger partial charge >= 0.3 is 5.97 Å². The van der Waals surface area contributed by atoms with E-state index >= 15 is 0 Å². The number of allylic oxidation sites excluding steroid dienone is 3. The topological polar surface area (TPSA) is 73.9 Å². The summed E-state index contributed by atoms with van der Waals surface area (Å²) in [6, 6.07) is 3.62. The van der Waals surface area contributed by atoms with E-state index in [9.17, 15) is 9.59 Å². The summed E-state index contributed by atoms with van der Waals surface area (Å²) in [6.45, 7) is 4.13. The Balaban J connectivity index is 2.21. The van der Waals surface area contributed by atoms with Crippen LogP contribution in [0.15, 0.2) is 39.1 Å². The number of carbonyl (C=O) groups is 2. The Labute approximate surface area is 179 Å².